The van der Waals surface area contributed by atoms with Crippen LogP contribution in [-0.2, 0) is 11.2 Å². The molecule has 4 N–H and O–H groups in total. The van der Waals surface area contributed by atoms with Crippen LogP contribution in [0.1, 0.15) is 50.2 Å². The third-order valence-corrected chi connectivity index (χ3v) is 4.90. The van der Waals surface area contributed by atoms with E-state index in [0.29, 0.717) is 30.4 Å². The van der Waals surface area contributed by atoms with Gasteiger partial charge in [0.15, 0.2) is 0 Å². The Morgan fingerprint density at radius 3 is 2.40 bits per heavy atom. The number of rotatable bonds is 6. The zero-order chi connectivity index (χ0) is 18.7. The molecule has 5 nitrogen and oxygen atoms in total. The van der Waals surface area contributed by atoms with E-state index < -0.39 is 12.1 Å². The Bertz CT molecular complexity index is 681. The monoisotopic (exact) mass is 346 g/mol. The number of benzene rings is 1. The number of aryl methyl sites for hydroxylation is 1. The number of phenols is 2. The molecule has 0 saturated heterocycles. The van der Waals surface area contributed by atoms with Crippen molar-refractivity contribution in [2.24, 2.45) is 5.92 Å². The Morgan fingerprint density at radius 1 is 1.28 bits per heavy atom. The molecule has 0 aliphatic heterocycles. The normalized spacial score (nSPS) is 23.2. The number of aliphatic carboxylic acids is 1. The van der Waals surface area contributed by atoms with Crippen LogP contribution in [0.2, 0.25) is 0 Å². The van der Waals surface area contributed by atoms with Gasteiger partial charge in [0.25, 0.3) is 0 Å². The van der Waals surface area contributed by atoms with Gasteiger partial charge < -0.3 is 20.4 Å². The minimum atomic E-state index is -0.865. The number of carbonyl (C=O) groups is 1. The lowest BCUT2D eigenvalue weighted by molar-refractivity contribution is -0.137. The van der Waals surface area contributed by atoms with Crippen LogP contribution in [0.5, 0.6) is 11.5 Å². The molecule has 1 aliphatic carbocycles. The zero-order valence-electron chi connectivity index (χ0n) is 14.7. The Balaban J connectivity index is 2.34. The molecule has 0 spiro atoms. The van der Waals surface area contributed by atoms with Crippen LogP contribution in [0.4, 0.5) is 0 Å². The molecular weight excluding hydrogens is 320 g/mol. The lowest BCUT2D eigenvalue weighted by Crippen LogP contribution is -2.26. The first-order valence-corrected chi connectivity index (χ1v) is 8.49. The first-order valence-electron chi connectivity index (χ1n) is 8.49. The van der Waals surface area contributed by atoms with E-state index in [0.717, 1.165) is 11.1 Å². The quantitative estimate of drug-likeness (QED) is 0.591. The summed E-state index contributed by atoms with van der Waals surface area (Å²) in [4.78, 5) is 10.6. The highest BCUT2D eigenvalue weighted by atomic mass is 16.4. The maximum Gasteiger partial charge on any atom is 0.303 e. The second kappa shape index (κ2) is 7.74. The van der Waals surface area contributed by atoms with Gasteiger partial charge in [-0.2, -0.15) is 0 Å². The molecule has 0 aromatic heterocycles. The Morgan fingerprint density at radius 2 is 1.88 bits per heavy atom. The van der Waals surface area contributed by atoms with Gasteiger partial charge in [0, 0.05) is 17.9 Å². The summed E-state index contributed by atoms with van der Waals surface area (Å²) in [7, 11) is 0. The average molecular weight is 346 g/mol. The summed E-state index contributed by atoms with van der Waals surface area (Å²) in [5.41, 5.74) is 2.83. The molecule has 1 aliphatic rings. The van der Waals surface area contributed by atoms with Gasteiger partial charge in [-0.3, -0.25) is 4.79 Å². The van der Waals surface area contributed by atoms with Crippen molar-refractivity contribution in [2.75, 3.05) is 0 Å². The topological polar surface area (TPSA) is 98.0 Å². The smallest absolute Gasteiger partial charge is 0.303 e. The lowest BCUT2D eigenvalue weighted by Gasteiger charge is -2.34. The van der Waals surface area contributed by atoms with Crippen molar-refractivity contribution in [1.29, 1.82) is 0 Å². The van der Waals surface area contributed by atoms with Crippen molar-refractivity contribution in [3.63, 3.8) is 0 Å². The number of carboxylic acids is 1. The van der Waals surface area contributed by atoms with Crippen LogP contribution in [-0.4, -0.2) is 32.5 Å². The molecule has 5 heteroatoms. The van der Waals surface area contributed by atoms with E-state index in [1.165, 1.54) is 0 Å². The largest absolute Gasteiger partial charge is 0.507 e. The van der Waals surface area contributed by atoms with Gasteiger partial charge in [-0.05, 0) is 62.3 Å². The van der Waals surface area contributed by atoms with Crippen LogP contribution >= 0.6 is 0 Å². The molecule has 0 heterocycles. The van der Waals surface area contributed by atoms with Crippen LogP contribution in [0.3, 0.4) is 0 Å². The summed E-state index contributed by atoms with van der Waals surface area (Å²) in [6, 6.07) is 3.17. The standard InChI is InChI=1S/C20H26O5/c1-11(2)14-10-16(21)12(3)7-15(14)20-17(22)8-13(9-18(20)23)5-4-6-19(24)25/h7-9,14-16,21-23H,1,4-6,10H2,2-3H3,(H,24,25)/t14-,15?,16?/m0/s1. The minimum Gasteiger partial charge on any atom is -0.507 e. The second-order valence-corrected chi connectivity index (χ2v) is 6.94. The summed E-state index contributed by atoms with van der Waals surface area (Å²) < 4.78 is 0. The lowest BCUT2D eigenvalue weighted by atomic mass is 9.72. The van der Waals surface area contributed by atoms with Crippen molar-refractivity contribution in [3.05, 3.63) is 47.1 Å². The van der Waals surface area contributed by atoms with Crippen LogP contribution < -0.4 is 0 Å². The fourth-order valence-corrected chi connectivity index (χ4v) is 3.48. The number of phenolic OH excluding ortho intramolecular Hbond substituents is 2. The number of hydrogen-bond acceptors (Lipinski definition) is 4. The van der Waals surface area contributed by atoms with Gasteiger partial charge >= 0.3 is 5.97 Å². The Hall–Kier alpha value is -2.27. The molecule has 1 aromatic carbocycles. The van der Waals surface area contributed by atoms with Gasteiger partial charge in [-0.1, -0.05) is 18.2 Å². The molecule has 0 amide bonds. The molecule has 136 valence electrons. The highest BCUT2D eigenvalue weighted by Gasteiger charge is 2.33. The summed E-state index contributed by atoms with van der Waals surface area (Å²) in [6.07, 6.45) is 2.79. The van der Waals surface area contributed by atoms with E-state index in [1.54, 1.807) is 12.1 Å². The van der Waals surface area contributed by atoms with Crippen molar-refractivity contribution >= 4 is 5.97 Å². The molecule has 0 saturated carbocycles. The predicted octanol–water partition coefficient (Wildman–Crippen LogP) is 3.49. The molecule has 2 rings (SSSR count). The van der Waals surface area contributed by atoms with Gasteiger partial charge in [0.1, 0.15) is 11.5 Å². The summed E-state index contributed by atoms with van der Waals surface area (Å²) >= 11 is 0. The van der Waals surface area contributed by atoms with Crippen LogP contribution in [0, 0.1) is 5.92 Å². The van der Waals surface area contributed by atoms with Gasteiger partial charge in [0.05, 0.1) is 6.10 Å². The van der Waals surface area contributed by atoms with E-state index in [-0.39, 0.29) is 29.8 Å². The van der Waals surface area contributed by atoms with E-state index in [2.05, 4.69) is 6.58 Å². The van der Waals surface area contributed by atoms with Gasteiger partial charge in [-0.15, -0.1) is 0 Å². The van der Waals surface area contributed by atoms with Crippen LogP contribution in [0.25, 0.3) is 0 Å². The average Bonchev–Trinajstić information content (AvgIpc) is 2.49. The fourth-order valence-electron chi connectivity index (χ4n) is 3.48. The molecule has 1 aromatic rings. The summed E-state index contributed by atoms with van der Waals surface area (Å²) in [5, 5.41) is 39.8. The van der Waals surface area contributed by atoms with E-state index in [4.69, 9.17) is 5.11 Å². The first kappa shape index (κ1) is 19.1. The number of hydrogen-bond donors (Lipinski definition) is 4. The number of allylic oxidation sites excluding steroid dienone is 2. The Kier molecular flexibility index (Phi) is 5.90. The highest BCUT2D eigenvalue weighted by Crippen LogP contribution is 2.46. The summed E-state index contributed by atoms with van der Waals surface area (Å²) in [5.74, 6) is -1.22. The SMILES string of the molecule is C=C(C)[C@@H]1CC(O)C(C)=CC1c1c(O)cc(CCCC(=O)O)cc1O. The fraction of sp³-hybridized carbons (Fsp3) is 0.450. The van der Waals surface area contributed by atoms with Crippen molar-refractivity contribution in [1.82, 2.24) is 0 Å². The highest BCUT2D eigenvalue weighted by molar-refractivity contribution is 5.66. The van der Waals surface area contributed by atoms with Gasteiger partial charge in [0.2, 0.25) is 0 Å². The number of aliphatic hydroxyl groups excluding tert-OH is 1. The maximum atomic E-state index is 10.6. The van der Waals surface area contributed by atoms with Crippen molar-refractivity contribution < 1.29 is 25.2 Å². The van der Waals surface area contributed by atoms with Gasteiger partial charge in [-0.25, -0.2) is 0 Å². The Labute approximate surface area is 147 Å². The van der Waals surface area contributed by atoms with Crippen LogP contribution in [0.15, 0.2) is 35.9 Å². The third-order valence-electron chi connectivity index (χ3n) is 4.90. The molecule has 0 radical (unpaired) electrons. The predicted molar refractivity (Wildman–Crippen MR) is 95.8 cm³/mol. The first-order chi connectivity index (χ1) is 11.7. The third kappa shape index (κ3) is 4.42. The molecule has 0 fully saturated rings. The molecular formula is C20H26O5. The van der Waals surface area contributed by atoms with E-state index in [9.17, 15) is 20.1 Å². The molecule has 0 bridgehead atoms. The minimum absolute atomic E-state index is 0.0120. The number of aliphatic hydroxyl groups is 1. The van der Waals surface area contributed by atoms with Crippen molar-refractivity contribution in [3.8, 4) is 11.5 Å². The molecule has 2 unspecified atom stereocenters. The van der Waals surface area contributed by atoms with Crippen molar-refractivity contribution in [2.45, 2.75) is 51.6 Å². The summed E-state index contributed by atoms with van der Waals surface area (Å²) in [6.45, 7) is 7.70. The zero-order valence-corrected chi connectivity index (χ0v) is 14.7. The second-order valence-electron chi connectivity index (χ2n) is 6.94. The number of aromatic hydroxyl groups is 2. The van der Waals surface area contributed by atoms with E-state index in [1.807, 2.05) is 19.9 Å². The van der Waals surface area contributed by atoms with E-state index >= 15 is 0 Å². The maximum absolute atomic E-state index is 10.6. The molecule has 25 heavy (non-hydrogen) atoms. The molecule has 3 atom stereocenters. The number of carboxylic acid groups (broad SMARTS) is 1.